The average Bonchev–Trinajstić information content (AvgIpc) is 2.16. The minimum atomic E-state index is -0.416. The van der Waals surface area contributed by atoms with Crippen molar-refractivity contribution in [1.82, 2.24) is 4.98 Å². The van der Waals surface area contributed by atoms with Crippen molar-refractivity contribution in [3.63, 3.8) is 0 Å². The van der Waals surface area contributed by atoms with Crippen molar-refractivity contribution < 1.29 is 4.92 Å². The van der Waals surface area contributed by atoms with Gasteiger partial charge < -0.3 is 4.98 Å². The standard InChI is InChI=1S/C9H6N2O2S/c12-11(13)7-2-3-8-6(5-7)1-4-9(14)10-8/h1-5H,(H,10,14). The van der Waals surface area contributed by atoms with Crippen molar-refractivity contribution >= 4 is 28.8 Å². The number of pyridine rings is 1. The fraction of sp³-hybridized carbons (Fsp3) is 0. The van der Waals surface area contributed by atoms with Gasteiger partial charge >= 0.3 is 0 Å². The fourth-order valence-electron chi connectivity index (χ4n) is 1.26. The Balaban J connectivity index is 2.73. The molecule has 0 atom stereocenters. The number of H-pyrrole nitrogens is 1. The minimum absolute atomic E-state index is 0.0861. The van der Waals surface area contributed by atoms with Crippen LogP contribution in [0.3, 0.4) is 0 Å². The molecular formula is C9H6N2O2S. The molecule has 1 aromatic heterocycles. The summed E-state index contributed by atoms with van der Waals surface area (Å²) in [5, 5.41) is 11.3. The second kappa shape index (κ2) is 3.19. The van der Waals surface area contributed by atoms with Crippen molar-refractivity contribution in [2.24, 2.45) is 0 Å². The highest BCUT2D eigenvalue weighted by Crippen LogP contribution is 2.18. The summed E-state index contributed by atoms with van der Waals surface area (Å²) >= 11 is 4.93. The molecule has 1 aromatic carbocycles. The summed E-state index contributed by atoms with van der Waals surface area (Å²) < 4.78 is 0.617. The Kier molecular flexibility index (Phi) is 2.01. The van der Waals surface area contributed by atoms with Gasteiger partial charge in [-0.15, -0.1) is 0 Å². The van der Waals surface area contributed by atoms with Crippen molar-refractivity contribution in [1.29, 1.82) is 0 Å². The molecule has 0 aliphatic carbocycles. The molecule has 0 aliphatic heterocycles. The largest absolute Gasteiger partial charge is 0.346 e. The predicted molar refractivity (Wildman–Crippen MR) is 55.8 cm³/mol. The molecule has 0 saturated heterocycles. The van der Waals surface area contributed by atoms with E-state index in [2.05, 4.69) is 4.98 Å². The topological polar surface area (TPSA) is 58.9 Å². The van der Waals surface area contributed by atoms with Crippen LogP contribution < -0.4 is 0 Å². The van der Waals surface area contributed by atoms with Crippen LogP contribution in [0.15, 0.2) is 30.3 Å². The van der Waals surface area contributed by atoms with Crippen molar-refractivity contribution in [3.05, 3.63) is 45.1 Å². The molecule has 1 heterocycles. The van der Waals surface area contributed by atoms with E-state index in [4.69, 9.17) is 12.2 Å². The third-order valence-electron chi connectivity index (χ3n) is 1.92. The summed E-state index contributed by atoms with van der Waals surface area (Å²) in [6.45, 7) is 0. The van der Waals surface area contributed by atoms with Crippen LogP contribution in [0, 0.1) is 14.8 Å². The Hall–Kier alpha value is -1.75. The molecule has 14 heavy (non-hydrogen) atoms. The number of nitrogens with zero attached hydrogens (tertiary/aromatic N) is 1. The lowest BCUT2D eigenvalue weighted by molar-refractivity contribution is -0.384. The summed E-state index contributed by atoms with van der Waals surface area (Å²) in [6, 6.07) is 8.10. The van der Waals surface area contributed by atoms with Crippen LogP contribution in [0.4, 0.5) is 5.69 Å². The number of hydrogen-bond donors (Lipinski definition) is 1. The predicted octanol–water partition coefficient (Wildman–Crippen LogP) is 2.81. The number of aromatic amines is 1. The molecule has 2 rings (SSSR count). The number of fused-ring (bicyclic) bond motifs is 1. The molecule has 0 spiro atoms. The Labute approximate surface area is 84.3 Å². The fourth-order valence-corrected chi connectivity index (χ4v) is 1.43. The van der Waals surface area contributed by atoms with E-state index in [1.165, 1.54) is 12.1 Å². The molecule has 4 nitrogen and oxygen atoms in total. The van der Waals surface area contributed by atoms with E-state index in [0.717, 1.165) is 10.9 Å². The second-order valence-electron chi connectivity index (χ2n) is 2.85. The molecule has 0 amide bonds. The number of nitro groups is 1. The van der Waals surface area contributed by atoms with Crippen LogP contribution in [0.2, 0.25) is 0 Å². The summed E-state index contributed by atoms with van der Waals surface area (Å²) in [5.41, 5.74) is 0.895. The SMILES string of the molecule is O=[N+]([O-])c1ccc2[nH]c(=S)ccc2c1. The van der Waals surface area contributed by atoms with E-state index < -0.39 is 4.92 Å². The van der Waals surface area contributed by atoms with Gasteiger partial charge in [0.1, 0.15) is 4.64 Å². The van der Waals surface area contributed by atoms with Gasteiger partial charge in [-0.1, -0.05) is 12.2 Å². The van der Waals surface area contributed by atoms with E-state index in [-0.39, 0.29) is 5.69 Å². The molecule has 5 heteroatoms. The molecule has 0 aliphatic rings. The highest BCUT2D eigenvalue weighted by molar-refractivity contribution is 7.71. The Morgan fingerprint density at radius 1 is 1.29 bits per heavy atom. The maximum atomic E-state index is 10.5. The Morgan fingerprint density at radius 3 is 2.79 bits per heavy atom. The summed E-state index contributed by atoms with van der Waals surface area (Å²) in [6.07, 6.45) is 0. The minimum Gasteiger partial charge on any atom is -0.346 e. The number of non-ortho nitro benzene ring substituents is 1. The maximum absolute atomic E-state index is 10.5. The van der Waals surface area contributed by atoms with E-state index >= 15 is 0 Å². The van der Waals surface area contributed by atoms with Crippen LogP contribution in [0.25, 0.3) is 10.9 Å². The van der Waals surface area contributed by atoms with Gasteiger partial charge in [-0.05, 0) is 18.2 Å². The third-order valence-corrected chi connectivity index (χ3v) is 2.16. The van der Waals surface area contributed by atoms with E-state index in [9.17, 15) is 10.1 Å². The van der Waals surface area contributed by atoms with Crippen LogP contribution in [-0.2, 0) is 0 Å². The number of nitro benzene ring substituents is 1. The summed E-state index contributed by atoms with van der Waals surface area (Å²) in [5.74, 6) is 0. The third kappa shape index (κ3) is 1.49. The Bertz CT molecular complexity index is 562. The van der Waals surface area contributed by atoms with Crippen LogP contribution in [0.5, 0.6) is 0 Å². The smallest absolute Gasteiger partial charge is 0.270 e. The first-order valence-corrected chi connectivity index (χ1v) is 4.35. The van der Waals surface area contributed by atoms with Gasteiger partial charge in [0.25, 0.3) is 5.69 Å². The zero-order valence-electron chi connectivity index (χ0n) is 7.06. The molecule has 0 saturated carbocycles. The van der Waals surface area contributed by atoms with Gasteiger partial charge in [0.15, 0.2) is 0 Å². The normalized spacial score (nSPS) is 10.3. The Morgan fingerprint density at radius 2 is 2.07 bits per heavy atom. The van der Waals surface area contributed by atoms with Gasteiger partial charge in [0.2, 0.25) is 0 Å². The lowest BCUT2D eigenvalue weighted by Gasteiger charge is -1.97. The molecule has 0 radical (unpaired) electrons. The second-order valence-corrected chi connectivity index (χ2v) is 3.29. The molecule has 0 unspecified atom stereocenters. The molecule has 70 valence electrons. The number of rotatable bonds is 1. The first-order valence-electron chi connectivity index (χ1n) is 3.94. The lowest BCUT2D eigenvalue weighted by Crippen LogP contribution is -1.88. The summed E-state index contributed by atoms with van der Waals surface area (Å²) in [7, 11) is 0. The highest BCUT2D eigenvalue weighted by Gasteiger charge is 2.04. The highest BCUT2D eigenvalue weighted by atomic mass is 32.1. The number of aromatic nitrogens is 1. The number of nitrogens with one attached hydrogen (secondary N) is 1. The quantitative estimate of drug-likeness (QED) is 0.443. The molecular weight excluding hydrogens is 200 g/mol. The summed E-state index contributed by atoms with van der Waals surface area (Å²) in [4.78, 5) is 13.0. The van der Waals surface area contributed by atoms with Gasteiger partial charge in [-0.3, -0.25) is 10.1 Å². The molecule has 1 N–H and O–H groups in total. The van der Waals surface area contributed by atoms with Crippen molar-refractivity contribution in [3.8, 4) is 0 Å². The lowest BCUT2D eigenvalue weighted by atomic mass is 10.2. The van der Waals surface area contributed by atoms with E-state index in [0.29, 0.717) is 4.64 Å². The first-order chi connectivity index (χ1) is 6.66. The molecule has 2 aromatic rings. The van der Waals surface area contributed by atoms with Crippen molar-refractivity contribution in [2.45, 2.75) is 0 Å². The van der Waals surface area contributed by atoms with Gasteiger partial charge in [-0.25, -0.2) is 0 Å². The first kappa shape index (κ1) is 8.83. The number of benzene rings is 1. The van der Waals surface area contributed by atoms with E-state index in [1.807, 2.05) is 0 Å². The average molecular weight is 206 g/mol. The molecule has 0 bridgehead atoms. The maximum Gasteiger partial charge on any atom is 0.270 e. The van der Waals surface area contributed by atoms with Crippen LogP contribution in [-0.4, -0.2) is 9.91 Å². The van der Waals surface area contributed by atoms with Gasteiger partial charge in [-0.2, -0.15) is 0 Å². The van der Waals surface area contributed by atoms with Gasteiger partial charge in [0.05, 0.1) is 4.92 Å². The van der Waals surface area contributed by atoms with Crippen molar-refractivity contribution in [2.75, 3.05) is 0 Å². The van der Waals surface area contributed by atoms with E-state index in [1.54, 1.807) is 18.2 Å². The zero-order chi connectivity index (χ0) is 10.1. The zero-order valence-corrected chi connectivity index (χ0v) is 7.88. The van der Waals surface area contributed by atoms with Crippen LogP contribution >= 0.6 is 12.2 Å². The van der Waals surface area contributed by atoms with Gasteiger partial charge in [0, 0.05) is 23.0 Å². The monoisotopic (exact) mass is 206 g/mol. The molecule has 0 fully saturated rings. The number of hydrogen-bond acceptors (Lipinski definition) is 3. The van der Waals surface area contributed by atoms with Crippen LogP contribution in [0.1, 0.15) is 0 Å².